The Morgan fingerprint density at radius 2 is 1.81 bits per heavy atom. The molecule has 2 aromatic carbocycles. The molecule has 3 aromatic rings. The number of nitrogens with zero attached hydrogens (tertiary/aromatic N) is 2. The van der Waals surface area contributed by atoms with Crippen LogP contribution in [0.15, 0.2) is 42.6 Å². The number of carbonyl (C=O) groups excluding carboxylic acids is 2. The second kappa shape index (κ2) is 9.73. The van der Waals surface area contributed by atoms with Gasteiger partial charge in [0.15, 0.2) is 6.61 Å². The summed E-state index contributed by atoms with van der Waals surface area (Å²) in [6.07, 6.45) is 1.65. The van der Waals surface area contributed by atoms with Crippen molar-refractivity contribution >= 4 is 51.6 Å². The van der Waals surface area contributed by atoms with E-state index in [1.54, 1.807) is 41.4 Å². The van der Waals surface area contributed by atoms with Crippen molar-refractivity contribution in [1.82, 2.24) is 9.88 Å². The number of aryl methyl sites for hydroxylation is 1. The summed E-state index contributed by atoms with van der Waals surface area (Å²) < 4.78 is 11.2. The van der Waals surface area contributed by atoms with Gasteiger partial charge in [-0.2, -0.15) is 0 Å². The van der Waals surface area contributed by atoms with Crippen LogP contribution in [0.4, 0.5) is 5.69 Å². The number of para-hydroxylation sites is 1. The smallest absolute Gasteiger partial charge is 0.260 e. The van der Waals surface area contributed by atoms with Gasteiger partial charge in [0.25, 0.3) is 11.8 Å². The Morgan fingerprint density at radius 3 is 2.53 bits per heavy atom. The van der Waals surface area contributed by atoms with Crippen molar-refractivity contribution in [2.24, 2.45) is 0 Å². The number of rotatable bonds is 5. The van der Waals surface area contributed by atoms with E-state index in [0.717, 1.165) is 5.56 Å². The number of ether oxygens (including phenoxy) is 2. The van der Waals surface area contributed by atoms with Gasteiger partial charge in [0, 0.05) is 30.2 Å². The number of carbonyl (C=O) groups is 2. The Hall–Kier alpha value is -2.87. The Bertz CT molecular complexity index is 1160. The van der Waals surface area contributed by atoms with Crippen molar-refractivity contribution in [2.75, 3.05) is 38.2 Å². The number of benzene rings is 2. The number of pyridine rings is 1. The molecule has 1 aliphatic rings. The topological polar surface area (TPSA) is 80.8 Å². The molecule has 0 saturated carbocycles. The number of anilines is 1. The number of fused-ring (bicyclic) bond motifs is 1. The molecule has 0 bridgehead atoms. The Labute approximate surface area is 195 Å². The molecule has 0 spiro atoms. The van der Waals surface area contributed by atoms with Crippen molar-refractivity contribution in [2.45, 2.75) is 6.92 Å². The minimum absolute atomic E-state index is 0.0915. The first-order chi connectivity index (χ1) is 15.5. The van der Waals surface area contributed by atoms with Crippen molar-refractivity contribution in [3.8, 4) is 5.75 Å². The van der Waals surface area contributed by atoms with Crippen molar-refractivity contribution in [3.63, 3.8) is 0 Å². The van der Waals surface area contributed by atoms with Gasteiger partial charge in [-0.1, -0.05) is 35.3 Å². The quantitative estimate of drug-likeness (QED) is 0.595. The largest absolute Gasteiger partial charge is 0.483 e. The summed E-state index contributed by atoms with van der Waals surface area (Å²) in [7, 11) is 0. The third-order valence-corrected chi connectivity index (χ3v) is 5.80. The Morgan fingerprint density at radius 1 is 1.12 bits per heavy atom. The average molecular weight is 474 g/mol. The van der Waals surface area contributed by atoms with Crippen LogP contribution in [0.5, 0.6) is 5.75 Å². The van der Waals surface area contributed by atoms with Gasteiger partial charge in [-0.15, -0.1) is 0 Å². The fourth-order valence-corrected chi connectivity index (χ4v) is 4.10. The van der Waals surface area contributed by atoms with E-state index >= 15 is 0 Å². The minimum atomic E-state index is -0.444. The lowest BCUT2D eigenvalue weighted by Crippen LogP contribution is -2.43. The highest BCUT2D eigenvalue weighted by Gasteiger charge is 2.20. The van der Waals surface area contributed by atoms with Crippen molar-refractivity contribution in [1.29, 1.82) is 0 Å². The molecule has 0 radical (unpaired) electrons. The van der Waals surface area contributed by atoms with Gasteiger partial charge in [-0.25, -0.2) is 0 Å². The lowest BCUT2D eigenvalue weighted by Gasteiger charge is -2.27. The summed E-state index contributed by atoms with van der Waals surface area (Å²) in [6, 6.07) is 10.2. The van der Waals surface area contributed by atoms with E-state index in [2.05, 4.69) is 10.3 Å². The zero-order valence-electron chi connectivity index (χ0n) is 17.4. The predicted octanol–water partition coefficient (Wildman–Crippen LogP) is 4.34. The summed E-state index contributed by atoms with van der Waals surface area (Å²) in [6.45, 7) is 3.93. The predicted molar refractivity (Wildman–Crippen MR) is 124 cm³/mol. The molecule has 1 saturated heterocycles. The van der Waals surface area contributed by atoms with Crippen LogP contribution in [0.1, 0.15) is 15.9 Å². The minimum Gasteiger partial charge on any atom is -0.483 e. The van der Waals surface area contributed by atoms with E-state index in [4.69, 9.17) is 32.7 Å². The van der Waals surface area contributed by atoms with Gasteiger partial charge in [-0.05, 0) is 31.2 Å². The second-order valence-corrected chi connectivity index (χ2v) is 8.12. The first-order valence-corrected chi connectivity index (χ1v) is 10.8. The number of nitrogens with one attached hydrogen (secondary N) is 1. The van der Waals surface area contributed by atoms with Crippen molar-refractivity contribution < 1.29 is 19.1 Å². The molecule has 9 heteroatoms. The van der Waals surface area contributed by atoms with Crippen LogP contribution in [-0.2, 0) is 9.53 Å². The van der Waals surface area contributed by atoms with Crippen LogP contribution in [0, 0.1) is 6.92 Å². The van der Waals surface area contributed by atoms with Crippen LogP contribution in [0.25, 0.3) is 10.9 Å². The standard InChI is InChI=1S/C23H21Cl2N3O4/c1-14-12-26-21-15(22(14)32-13-19(29)28-8-10-31-11-9-28)4-2-7-18(21)27-23(30)20-16(24)5-3-6-17(20)25/h2-7,12H,8-11,13H2,1H3,(H,27,30). The maximum Gasteiger partial charge on any atom is 0.260 e. The number of hydrogen-bond donors (Lipinski definition) is 1. The van der Waals surface area contributed by atoms with E-state index in [0.29, 0.717) is 48.6 Å². The molecule has 2 heterocycles. The molecule has 0 aliphatic carbocycles. The maximum absolute atomic E-state index is 12.8. The zero-order valence-corrected chi connectivity index (χ0v) is 18.9. The second-order valence-electron chi connectivity index (χ2n) is 7.30. The maximum atomic E-state index is 12.8. The lowest BCUT2D eigenvalue weighted by molar-refractivity contribution is -0.137. The molecule has 2 amide bonds. The lowest BCUT2D eigenvalue weighted by atomic mass is 10.1. The van der Waals surface area contributed by atoms with Crippen LogP contribution in [-0.4, -0.2) is 54.6 Å². The molecule has 1 aromatic heterocycles. The Balaban J connectivity index is 1.59. The highest BCUT2D eigenvalue weighted by molar-refractivity contribution is 6.40. The van der Waals surface area contributed by atoms with Crippen LogP contribution in [0.2, 0.25) is 10.0 Å². The number of hydrogen-bond acceptors (Lipinski definition) is 5. The molecular weight excluding hydrogens is 453 g/mol. The fraction of sp³-hybridized carbons (Fsp3) is 0.261. The van der Waals surface area contributed by atoms with E-state index < -0.39 is 5.91 Å². The number of amides is 2. The number of aromatic nitrogens is 1. The van der Waals surface area contributed by atoms with Gasteiger partial charge in [0.1, 0.15) is 5.75 Å². The normalized spacial score (nSPS) is 13.8. The zero-order chi connectivity index (χ0) is 22.7. The molecule has 1 N–H and O–H groups in total. The molecule has 32 heavy (non-hydrogen) atoms. The van der Waals surface area contributed by atoms with Gasteiger partial charge in [0.05, 0.1) is 40.0 Å². The highest BCUT2D eigenvalue weighted by atomic mass is 35.5. The first kappa shape index (κ1) is 22.3. The summed E-state index contributed by atoms with van der Waals surface area (Å²) in [5.74, 6) is -0.000552. The number of halogens is 2. The van der Waals surface area contributed by atoms with Crippen LogP contribution >= 0.6 is 23.2 Å². The molecule has 166 valence electrons. The summed E-state index contributed by atoms with van der Waals surface area (Å²) in [4.78, 5) is 31.5. The Kier molecular flexibility index (Phi) is 6.79. The van der Waals surface area contributed by atoms with E-state index in [1.165, 1.54) is 0 Å². The monoisotopic (exact) mass is 473 g/mol. The van der Waals surface area contributed by atoms with Gasteiger partial charge in [0.2, 0.25) is 0 Å². The third-order valence-electron chi connectivity index (χ3n) is 5.17. The first-order valence-electron chi connectivity index (χ1n) is 10.1. The van der Waals surface area contributed by atoms with Crippen molar-refractivity contribution in [3.05, 3.63) is 63.8 Å². The van der Waals surface area contributed by atoms with E-state index in [-0.39, 0.29) is 28.1 Å². The molecular formula is C23H21Cl2N3O4. The molecule has 1 fully saturated rings. The fourth-order valence-electron chi connectivity index (χ4n) is 3.53. The van der Waals surface area contributed by atoms with E-state index in [9.17, 15) is 9.59 Å². The molecule has 0 atom stereocenters. The summed E-state index contributed by atoms with van der Waals surface area (Å²) in [5, 5.41) is 4.02. The molecule has 7 nitrogen and oxygen atoms in total. The average Bonchev–Trinajstić information content (AvgIpc) is 2.79. The molecule has 0 unspecified atom stereocenters. The van der Waals surface area contributed by atoms with E-state index in [1.807, 2.05) is 13.0 Å². The number of morpholine rings is 1. The van der Waals surface area contributed by atoms with Gasteiger partial charge >= 0.3 is 0 Å². The highest BCUT2D eigenvalue weighted by Crippen LogP contribution is 2.33. The third kappa shape index (κ3) is 4.65. The van der Waals surface area contributed by atoms with Crippen LogP contribution in [0.3, 0.4) is 0 Å². The van der Waals surface area contributed by atoms with Gasteiger partial charge in [-0.3, -0.25) is 14.6 Å². The summed E-state index contributed by atoms with van der Waals surface area (Å²) in [5.41, 5.74) is 1.98. The molecule has 4 rings (SSSR count). The van der Waals surface area contributed by atoms with Gasteiger partial charge < -0.3 is 19.7 Å². The SMILES string of the molecule is Cc1cnc2c(NC(=O)c3c(Cl)cccc3Cl)cccc2c1OCC(=O)N1CCOCC1. The van der Waals surface area contributed by atoms with Crippen LogP contribution < -0.4 is 10.1 Å². The summed E-state index contributed by atoms with van der Waals surface area (Å²) >= 11 is 12.3. The molecule has 1 aliphatic heterocycles.